The van der Waals surface area contributed by atoms with E-state index >= 15 is 0 Å². The van der Waals surface area contributed by atoms with Crippen molar-refractivity contribution in [2.45, 2.75) is 26.7 Å². The minimum absolute atomic E-state index is 0.000631. The zero-order valence-corrected chi connectivity index (χ0v) is 12.9. The maximum Gasteiger partial charge on any atom is 0.352 e. The normalized spacial score (nSPS) is 10.2. The molecule has 0 atom stereocenters. The van der Waals surface area contributed by atoms with E-state index in [-0.39, 0.29) is 53.7 Å². The van der Waals surface area contributed by atoms with Crippen molar-refractivity contribution in [3.63, 3.8) is 0 Å². The lowest BCUT2D eigenvalue weighted by Gasteiger charge is -2.06. The van der Waals surface area contributed by atoms with E-state index in [4.69, 9.17) is 5.11 Å². The second kappa shape index (κ2) is 7.97. The number of hydrogen-bond acceptors (Lipinski definition) is 4. The summed E-state index contributed by atoms with van der Waals surface area (Å²) in [7, 11) is 0. The number of rotatable bonds is 8. The van der Waals surface area contributed by atoms with Crippen LogP contribution in [0.4, 0.5) is 0 Å². The Hall–Kier alpha value is -2.84. The fourth-order valence-electron chi connectivity index (χ4n) is 2.12. The molecule has 9 heteroatoms. The van der Waals surface area contributed by atoms with Gasteiger partial charge in [-0.25, -0.2) is 9.59 Å². The molecule has 126 valence electrons. The van der Waals surface area contributed by atoms with Crippen LogP contribution in [0.5, 0.6) is 0 Å². The highest BCUT2D eigenvalue weighted by molar-refractivity contribution is 5.97. The summed E-state index contributed by atoms with van der Waals surface area (Å²) in [4.78, 5) is 47.2. The number of aryl methyl sites for hydroxylation is 1. The van der Waals surface area contributed by atoms with Crippen LogP contribution < -0.4 is 10.6 Å². The van der Waals surface area contributed by atoms with Crippen molar-refractivity contribution in [3.05, 3.63) is 22.5 Å². The lowest BCUT2D eigenvalue weighted by atomic mass is 10.1. The fourth-order valence-corrected chi connectivity index (χ4v) is 2.12. The molecule has 0 aliphatic heterocycles. The van der Waals surface area contributed by atoms with Crippen LogP contribution in [0.15, 0.2) is 0 Å². The van der Waals surface area contributed by atoms with Crippen LogP contribution >= 0.6 is 0 Å². The highest BCUT2D eigenvalue weighted by Crippen LogP contribution is 2.20. The van der Waals surface area contributed by atoms with Crippen molar-refractivity contribution in [1.29, 1.82) is 0 Å². The van der Waals surface area contributed by atoms with E-state index in [1.807, 2.05) is 0 Å². The standard InChI is InChI=1S/C14H19N3O6/c1-7-11(13(20)21)9(17-12(7)14(22)23)3-4-10(19)16-6-5-15-8(2)18/h17H,3-6H2,1-2H3,(H,15,18)(H,16,19)(H,20,21)(H,22,23). The molecule has 0 radical (unpaired) electrons. The Bertz CT molecular complexity index is 635. The number of aromatic nitrogens is 1. The number of carbonyl (C=O) groups is 4. The summed E-state index contributed by atoms with van der Waals surface area (Å²) in [6.07, 6.45) is 0.0705. The Morgan fingerprint density at radius 2 is 1.65 bits per heavy atom. The van der Waals surface area contributed by atoms with Crippen LogP contribution in [-0.4, -0.2) is 52.0 Å². The smallest absolute Gasteiger partial charge is 0.352 e. The molecule has 2 amide bonds. The van der Waals surface area contributed by atoms with Gasteiger partial charge in [-0.3, -0.25) is 9.59 Å². The third-order valence-corrected chi connectivity index (χ3v) is 3.18. The number of carboxylic acids is 2. The number of aromatic amines is 1. The zero-order chi connectivity index (χ0) is 17.6. The summed E-state index contributed by atoms with van der Waals surface area (Å²) < 4.78 is 0. The van der Waals surface area contributed by atoms with Crippen molar-refractivity contribution in [1.82, 2.24) is 15.6 Å². The highest BCUT2D eigenvalue weighted by Gasteiger charge is 2.23. The van der Waals surface area contributed by atoms with E-state index in [2.05, 4.69) is 15.6 Å². The lowest BCUT2D eigenvalue weighted by molar-refractivity contribution is -0.122. The van der Waals surface area contributed by atoms with Crippen LogP contribution in [-0.2, 0) is 16.0 Å². The Kier molecular flexibility index (Phi) is 6.31. The third kappa shape index (κ3) is 5.13. The second-order valence-corrected chi connectivity index (χ2v) is 4.92. The molecule has 0 aliphatic carbocycles. The molecule has 0 aromatic carbocycles. The number of hydrogen-bond donors (Lipinski definition) is 5. The van der Waals surface area contributed by atoms with E-state index in [1.54, 1.807) is 0 Å². The first-order chi connectivity index (χ1) is 10.7. The topological polar surface area (TPSA) is 149 Å². The number of carbonyl (C=O) groups excluding carboxylic acids is 2. The Labute approximate surface area is 132 Å². The maximum absolute atomic E-state index is 11.7. The molecule has 0 saturated carbocycles. The highest BCUT2D eigenvalue weighted by atomic mass is 16.4. The van der Waals surface area contributed by atoms with Gasteiger partial charge in [-0.05, 0) is 18.9 Å². The number of nitrogens with one attached hydrogen (secondary N) is 3. The molecule has 5 N–H and O–H groups in total. The van der Waals surface area contributed by atoms with Gasteiger partial charge in [0.15, 0.2) is 0 Å². The van der Waals surface area contributed by atoms with Gasteiger partial charge in [0, 0.05) is 32.1 Å². The maximum atomic E-state index is 11.7. The quantitative estimate of drug-likeness (QED) is 0.422. The number of H-pyrrole nitrogens is 1. The van der Waals surface area contributed by atoms with Crippen LogP contribution in [0.3, 0.4) is 0 Å². The largest absolute Gasteiger partial charge is 0.478 e. The van der Waals surface area contributed by atoms with Gasteiger partial charge < -0.3 is 25.8 Å². The van der Waals surface area contributed by atoms with Crippen LogP contribution in [0.25, 0.3) is 0 Å². The molecule has 0 bridgehead atoms. The van der Waals surface area contributed by atoms with E-state index < -0.39 is 11.9 Å². The van der Waals surface area contributed by atoms with E-state index in [9.17, 15) is 24.3 Å². The molecule has 23 heavy (non-hydrogen) atoms. The molecule has 0 unspecified atom stereocenters. The molecule has 1 rings (SSSR count). The molecule has 0 spiro atoms. The van der Waals surface area contributed by atoms with Gasteiger partial charge in [-0.15, -0.1) is 0 Å². The fraction of sp³-hybridized carbons (Fsp3) is 0.429. The lowest BCUT2D eigenvalue weighted by Crippen LogP contribution is -2.33. The van der Waals surface area contributed by atoms with Gasteiger partial charge in [0.1, 0.15) is 5.69 Å². The number of aromatic carboxylic acids is 2. The zero-order valence-electron chi connectivity index (χ0n) is 12.9. The van der Waals surface area contributed by atoms with E-state index in [0.717, 1.165) is 0 Å². The average molecular weight is 325 g/mol. The molecule has 0 aliphatic rings. The summed E-state index contributed by atoms with van der Waals surface area (Å²) in [5.74, 6) is -3.02. The summed E-state index contributed by atoms with van der Waals surface area (Å²) in [6, 6.07) is 0. The molecular formula is C14H19N3O6. The van der Waals surface area contributed by atoms with Crippen LogP contribution in [0.1, 0.15) is 45.4 Å². The first-order valence-electron chi connectivity index (χ1n) is 6.93. The molecule has 1 heterocycles. The summed E-state index contributed by atoms with van der Waals surface area (Å²) in [5, 5.41) is 23.3. The third-order valence-electron chi connectivity index (χ3n) is 3.18. The van der Waals surface area contributed by atoms with Gasteiger partial charge >= 0.3 is 11.9 Å². The predicted molar refractivity (Wildman–Crippen MR) is 79.5 cm³/mol. The number of carboxylic acid groups (broad SMARTS) is 2. The van der Waals surface area contributed by atoms with Gasteiger partial charge in [0.2, 0.25) is 11.8 Å². The van der Waals surface area contributed by atoms with E-state index in [0.29, 0.717) is 6.54 Å². The average Bonchev–Trinajstić information content (AvgIpc) is 2.78. The van der Waals surface area contributed by atoms with Gasteiger partial charge in [-0.2, -0.15) is 0 Å². The van der Waals surface area contributed by atoms with Gasteiger partial charge in [-0.1, -0.05) is 0 Å². The Balaban J connectivity index is 2.65. The molecule has 9 nitrogen and oxygen atoms in total. The van der Waals surface area contributed by atoms with Gasteiger partial charge in [0.25, 0.3) is 0 Å². The Morgan fingerprint density at radius 1 is 1.04 bits per heavy atom. The van der Waals surface area contributed by atoms with Crippen molar-refractivity contribution < 1.29 is 29.4 Å². The van der Waals surface area contributed by atoms with Crippen LogP contribution in [0.2, 0.25) is 0 Å². The minimum atomic E-state index is -1.25. The molecule has 0 saturated heterocycles. The van der Waals surface area contributed by atoms with Crippen molar-refractivity contribution in [2.75, 3.05) is 13.1 Å². The summed E-state index contributed by atoms with van der Waals surface area (Å²) in [5.41, 5.74) is 0.0207. The molecule has 1 aromatic rings. The monoisotopic (exact) mass is 325 g/mol. The second-order valence-electron chi connectivity index (χ2n) is 4.92. The SMILES string of the molecule is CC(=O)NCCNC(=O)CCc1[nH]c(C(=O)O)c(C)c1C(=O)O. The van der Waals surface area contributed by atoms with Crippen molar-refractivity contribution in [2.24, 2.45) is 0 Å². The van der Waals surface area contributed by atoms with Crippen molar-refractivity contribution >= 4 is 23.8 Å². The first kappa shape index (κ1) is 18.2. The molecular weight excluding hydrogens is 306 g/mol. The predicted octanol–water partition coefficient (Wildman–Crippen LogP) is -0.0956. The number of amides is 2. The van der Waals surface area contributed by atoms with Crippen molar-refractivity contribution in [3.8, 4) is 0 Å². The molecule has 1 aromatic heterocycles. The summed E-state index contributed by atoms with van der Waals surface area (Å²) >= 11 is 0. The Morgan fingerprint density at radius 3 is 2.17 bits per heavy atom. The van der Waals surface area contributed by atoms with E-state index in [1.165, 1.54) is 13.8 Å². The first-order valence-corrected chi connectivity index (χ1v) is 6.93. The molecule has 0 fully saturated rings. The minimum Gasteiger partial charge on any atom is -0.478 e. The summed E-state index contributed by atoms with van der Waals surface area (Å²) in [6.45, 7) is 3.32. The van der Waals surface area contributed by atoms with Gasteiger partial charge in [0.05, 0.1) is 5.56 Å². The van der Waals surface area contributed by atoms with Crippen LogP contribution in [0, 0.1) is 6.92 Å².